The highest BCUT2D eigenvalue weighted by molar-refractivity contribution is 5.94. The summed E-state index contributed by atoms with van der Waals surface area (Å²) in [4.78, 5) is 18.5. The van der Waals surface area contributed by atoms with Crippen LogP contribution in [0.1, 0.15) is 43.7 Å². The van der Waals surface area contributed by atoms with Gasteiger partial charge >= 0.3 is 0 Å². The fraction of sp³-hybridized carbons (Fsp3) is 0.600. The lowest BCUT2D eigenvalue weighted by atomic mass is 10.2. The van der Waals surface area contributed by atoms with E-state index >= 15 is 0 Å². The first-order chi connectivity index (χ1) is 9.45. The third-order valence-electron chi connectivity index (χ3n) is 3.27. The SMILES string of the molecule is CC(C)N(CCNC(=O)c1ccnc(CN)c1)C(C)C. The van der Waals surface area contributed by atoms with Crippen molar-refractivity contribution in [1.82, 2.24) is 15.2 Å². The van der Waals surface area contributed by atoms with Gasteiger partial charge in [0.05, 0.1) is 5.69 Å². The van der Waals surface area contributed by atoms with Gasteiger partial charge in [0.25, 0.3) is 5.91 Å². The highest BCUT2D eigenvalue weighted by atomic mass is 16.1. The number of nitrogens with zero attached hydrogens (tertiary/aromatic N) is 2. The fourth-order valence-electron chi connectivity index (χ4n) is 2.24. The summed E-state index contributed by atoms with van der Waals surface area (Å²) < 4.78 is 0. The first-order valence-corrected chi connectivity index (χ1v) is 7.14. The van der Waals surface area contributed by atoms with E-state index in [1.807, 2.05) is 0 Å². The number of hydrogen-bond acceptors (Lipinski definition) is 4. The van der Waals surface area contributed by atoms with Gasteiger partial charge in [-0.1, -0.05) is 0 Å². The van der Waals surface area contributed by atoms with E-state index in [2.05, 4.69) is 42.9 Å². The zero-order valence-corrected chi connectivity index (χ0v) is 12.9. The number of aromatic nitrogens is 1. The van der Waals surface area contributed by atoms with Crippen LogP contribution in [0, 0.1) is 0 Å². The van der Waals surface area contributed by atoms with E-state index in [9.17, 15) is 4.79 Å². The summed E-state index contributed by atoms with van der Waals surface area (Å²) in [5.74, 6) is -0.0745. The predicted octanol–water partition coefficient (Wildman–Crippen LogP) is 1.39. The number of nitrogens with two attached hydrogens (primary N) is 1. The lowest BCUT2D eigenvalue weighted by Crippen LogP contribution is -2.42. The number of carbonyl (C=O) groups excluding carboxylic acids is 1. The van der Waals surface area contributed by atoms with Crippen LogP contribution < -0.4 is 11.1 Å². The summed E-state index contributed by atoms with van der Waals surface area (Å²) in [6, 6.07) is 4.38. The van der Waals surface area contributed by atoms with Crippen molar-refractivity contribution >= 4 is 5.91 Å². The van der Waals surface area contributed by atoms with E-state index in [0.29, 0.717) is 30.7 Å². The van der Waals surface area contributed by atoms with Gasteiger partial charge in [0, 0.05) is 43.5 Å². The summed E-state index contributed by atoms with van der Waals surface area (Å²) in [5.41, 5.74) is 6.86. The molecule has 1 aromatic heterocycles. The highest BCUT2D eigenvalue weighted by Crippen LogP contribution is 2.04. The van der Waals surface area contributed by atoms with Crippen LogP contribution in [0.5, 0.6) is 0 Å². The van der Waals surface area contributed by atoms with Crippen molar-refractivity contribution in [3.8, 4) is 0 Å². The second kappa shape index (κ2) is 7.97. The molecule has 0 saturated carbocycles. The van der Waals surface area contributed by atoms with Gasteiger partial charge in [-0.05, 0) is 39.8 Å². The normalized spacial score (nSPS) is 11.4. The van der Waals surface area contributed by atoms with Gasteiger partial charge in [-0.25, -0.2) is 0 Å². The Balaban J connectivity index is 2.50. The highest BCUT2D eigenvalue weighted by Gasteiger charge is 2.13. The second-order valence-electron chi connectivity index (χ2n) is 5.42. The molecule has 1 aromatic rings. The molecule has 0 saturated heterocycles. The van der Waals surface area contributed by atoms with E-state index in [0.717, 1.165) is 12.2 Å². The minimum atomic E-state index is -0.0745. The van der Waals surface area contributed by atoms with E-state index in [1.165, 1.54) is 0 Å². The Morgan fingerprint density at radius 3 is 2.55 bits per heavy atom. The average Bonchev–Trinajstić information content (AvgIpc) is 2.42. The van der Waals surface area contributed by atoms with Crippen LogP contribution >= 0.6 is 0 Å². The maximum Gasteiger partial charge on any atom is 0.251 e. The molecule has 0 aliphatic carbocycles. The molecule has 1 amide bonds. The molecule has 1 rings (SSSR count). The van der Waals surface area contributed by atoms with Crippen LogP contribution in [0.15, 0.2) is 18.3 Å². The van der Waals surface area contributed by atoms with E-state index < -0.39 is 0 Å². The molecule has 0 aliphatic rings. The third-order valence-corrected chi connectivity index (χ3v) is 3.27. The molecule has 1 heterocycles. The van der Waals surface area contributed by atoms with Gasteiger partial charge in [0.15, 0.2) is 0 Å². The molecule has 0 radical (unpaired) electrons. The average molecular weight is 278 g/mol. The van der Waals surface area contributed by atoms with Gasteiger partial charge in [-0.3, -0.25) is 14.7 Å². The van der Waals surface area contributed by atoms with Crippen molar-refractivity contribution in [2.45, 2.75) is 46.3 Å². The Morgan fingerprint density at radius 1 is 1.35 bits per heavy atom. The van der Waals surface area contributed by atoms with Crippen molar-refractivity contribution in [1.29, 1.82) is 0 Å². The Morgan fingerprint density at radius 2 is 2.00 bits per heavy atom. The Hall–Kier alpha value is -1.46. The molecule has 0 bridgehead atoms. The zero-order chi connectivity index (χ0) is 15.1. The van der Waals surface area contributed by atoms with E-state index in [4.69, 9.17) is 5.73 Å². The minimum absolute atomic E-state index is 0.0745. The lowest BCUT2D eigenvalue weighted by molar-refractivity contribution is 0.0939. The quantitative estimate of drug-likeness (QED) is 0.790. The molecular weight excluding hydrogens is 252 g/mol. The van der Waals surface area contributed by atoms with Crippen LogP contribution in [0.4, 0.5) is 0 Å². The van der Waals surface area contributed by atoms with Crippen LogP contribution in [0.2, 0.25) is 0 Å². The standard InChI is InChI=1S/C15H26N4O/c1-11(2)19(12(3)4)8-7-18-15(20)13-5-6-17-14(9-13)10-16/h5-6,9,11-12H,7-8,10,16H2,1-4H3,(H,18,20). The maximum atomic E-state index is 12.0. The van der Waals surface area contributed by atoms with Crippen molar-refractivity contribution in [2.24, 2.45) is 5.73 Å². The summed E-state index contributed by atoms with van der Waals surface area (Å²) in [5, 5.41) is 2.94. The van der Waals surface area contributed by atoms with Gasteiger partial charge in [-0.15, -0.1) is 0 Å². The molecule has 0 spiro atoms. The summed E-state index contributed by atoms with van der Waals surface area (Å²) in [7, 11) is 0. The molecule has 112 valence electrons. The molecule has 0 unspecified atom stereocenters. The first-order valence-electron chi connectivity index (χ1n) is 7.14. The van der Waals surface area contributed by atoms with Crippen LogP contribution in [-0.2, 0) is 6.54 Å². The topological polar surface area (TPSA) is 71.2 Å². The monoisotopic (exact) mass is 278 g/mol. The number of rotatable bonds is 7. The summed E-state index contributed by atoms with van der Waals surface area (Å²) in [6.07, 6.45) is 1.62. The Bertz CT molecular complexity index is 424. The van der Waals surface area contributed by atoms with Gasteiger partial charge in [-0.2, -0.15) is 0 Å². The maximum absolute atomic E-state index is 12.0. The number of pyridine rings is 1. The van der Waals surface area contributed by atoms with Gasteiger partial charge in [0.1, 0.15) is 0 Å². The van der Waals surface area contributed by atoms with Crippen molar-refractivity contribution in [3.63, 3.8) is 0 Å². The molecule has 0 aromatic carbocycles. The summed E-state index contributed by atoms with van der Waals surface area (Å²) >= 11 is 0. The molecule has 0 atom stereocenters. The third kappa shape index (κ3) is 4.90. The van der Waals surface area contributed by atoms with Crippen LogP contribution in [0.25, 0.3) is 0 Å². The van der Waals surface area contributed by atoms with Crippen LogP contribution in [0.3, 0.4) is 0 Å². The fourth-order valence-corrected chi connectivity index (χ4v) is 2.24. The predicted molar refractivity (Wildman–Crippen MR) is 81.4 cm³/mol. The number of nitrogens with one attached hydrogen (secondary N) is 1. The van der Waals surface area contributed by atoms with E-state index in [-0.39, 0.29) is 5.91 Å². The largest absolute Gasteiger partial charge is 0.351 e. The molecule has 5 heteroatoms. The van der Waals surface area contributed by atoms with Crippen molar-refractivity contribution in [3.05, 3.63) is 29.6 Å². The number of hydrogen-bond donors (Lipinski definition) is 2. The molecular formula is C15H26N4O. The summed E-state index contributed by atoms with van der Waals surface area (Å²) in [6.45, 7) is 10.5. The van der Waals surface area contributed by atoms with Crippen molar-refractivity contribution in [2.75, 3.05) is 13.1 Å². The number of amides is 1. The lowest BCUT2D eigenvalue weighted by Gasteiger charge is -2.30. The molecule has 0 fully saturated rings. The number of carbonyl (C=O) groups is 1. The Kier molecular flexibility index (Phi) is 6.61. The van der Waals surface area contributed by atoms with Crippen molar-refractivity contribution < 1.29 is 4.79 Å². The minimum Gasteiger partial charge on any atom is -0.351 e. The Labute approximate surface area is 121 Å². The van der Waals surface area contributed by atoms with Gasteiger partial charge < -0.3 is 11.1 Å². The molecule has 0 aliphatic heterocycles. The second-order valence-corrected chi connectivity index (χ2v) is 5.42. The molecule has 20 heavy (non-hydrogen) atoms. The molecule has 3 N–H and O–H groups in total. The smallest absolute Gasteiger partial charge is 0.251 e. The van der Waals surface area contributed by atoms with Crippen LogP contribution in [-0.4, -0.2) is 41.0 Å². The van der Waals surface area contributed by atoms with E-state index in [1.54, 1.807) is 18.3 Å². The zero-order valence-electron chi connectivity index (χ0n) is 12.9. The van der Waals surface area contributed by atoms with Gasteiger partial charge in [0.2, 0.25) is 0 Å². The molecule has 5 nitrogen and oxygen atoms in total. The first kappa shape index (κ1) is 16.6.